The van der Waals surface area contributed by atoms with Gasteiger partial charge in [-0.15, -0.1) is 24.0 Å². The summed E-state index contributed by atoms with van der Waals surface area (Å²) in [5.41, 5.74) is 2.22. The highest BCUT2D eigenvalue weighted by Crippen LogP contribution is 2.14. The summed E-state index contributed by atoms with van der Waals surface area (Å²) in [6.07, 6.45) is 1.74. The number of hydrogen-bond acceptors (Lipinski definition) is 3. The zero-order valence-corrected chi connectivity index (χ0v) is 16.7. The van der Waals surface area contributed by atoms with Crippen molar-refractivity contribution in [2.75, 3.05) is 13.7 Å². The molecule has 0 aliphatic rings. The van der Waals surface area contributed by atoms with E-state index in [1.807, 2.05) is 37.3 Å². The smallest absolute Gasteiger partial charge is 0.218 e. The molecule has 1 unspecified atom stereocenters. The van der Waals surface area contributed by atoms with Crippen LogP contribution >= 0.6 is 24.0 Å². The van der Waals surface area contributed by atoms with Crippen LogP contribution < -0.4 is 15.4 Å². The first-order valence-corrected chi connectivity index (χ1v) is 7.83. The molecule has 0 amide bonds. The summed E-state index contributed by atoms with van der Waals surface area (Å²) in [4.78, 5) is 8.54. The number of halogens is 1. The third-order valence-electron chi connectivity index (χ3n) is 3.45. The van der Waals surface area contributed by atoms with Crippen LogP contribution in [-0.2, 0) is 6.54 Å². The molecular weight excluding hydrogens is 415 g/mol. The van der Waals surface area contributed by atoms with Crippen molar-refractivity contribution in [3.8, 4) is 5.88 Å². The molecule has 2 rings (SSSR count). The van der Waals surface area contributed by atoms with Gasteiger partial charge in [-0.3, -0.25) is 4.99 Å². The first-order valence-electron chi connectivity index (χ1n) is 7.83. The Bertz CT molecular complexity index is 634. The van der Waals surface area contributed by atoms with Gasteiger partial charge in [0.1, 0.15) is 0 Å². The Hall–Kier alpha value is -1.83. The number of aromatic nitrogens is 1. The average molecular weight is 440 g/mol. The quantitative estimate of drug-likeness (QED) is 0.410. The average Bonchev–Trinajstić information content (AvgIpc) is 2.60. The standard InChI is InChI=1S/C18H24N4O.HI/c1-4-23-17-16(11-8-12-20-17)13-21-18(19-3)22-14(2)15-9-6-5-7-10-15;/h5-12,14H,4,13H2,1-3H3,(H2,19,21,22);1H. The Labute approximate surface area is 161 Å². The topological polar surface area (TPSA) is 58.5 Å². The second kappa shape index (κ2) is 10.9. The second-order valence-corrected chi connectivity index (χ2v) is 5.10. The van der Waals surface area contributed by atoms with Crippen LogP contribution in [0.5, 0.6) is 5.88 Å². The van der Waals surface area contributed by atoms with Crippen molar-refractivity contribution >= 4 is 29.9 Å². The molecule has 6 heteroatoms. The minimum atomic E-state index is 0. The van der Waals surface area contributed by atoms with E-state index in [1.54, 1.807) is 13.2 Å². The van der Waals surface area contributed by atoms with E-state index >= 15 is 0 Å². The summed E-state index contributed by atoms with van der Waals surface area (Å²) in [6.45, 7) is 5.26. The van der Waals surface area contributed by atoms with Gasteiger partial charge in [0.15, 0.2) is 5.96 Å². The number of nitrogens with one attached hydrogen (secondary N) is 2. The van der Waals surface area contributed by atoms with Gasteiger partial charge >= 0.3 is 0 Å². The van der Waals surface area contributed by atoms with Gasteiger partial charge < -0.3 is 15.4 Å². The molecule has 24 heavy (non-hydrogen) atoms. The summed E-state index contributed by atoms with van der Waals surface area (Å²) >= 11 is 0. The molecular formula is C18H25IN4O. The van der Waals surface area contributed by atoms with Gasteiger partial charge in [0.05, 0.1) is 12.6 Å². The molecule has 5 nitrogen and oxygen atoms in total. The monoisotopic (exact) mass is 440 g/mol. The molecule has 1 aromatic heterocycles. The molecule has 0 spiro atoms. The molecule has 2 aromatic rings. The molecule has 0 aliphatic heterocycles. The van der Waals surface area contributed by atoms with Gasteiger partial charge in [0, 0.05) is 25.4 Å². The predicted octanol–water partition coefficient (Wildman–Crippen LogP) is 3.52. The molecule has 0 radical (unpaired) electrons. The largest absolute Gasteiger partial charge is 0.478 e. The number of guanidine groups is 1. The van der Waals surface area contributed by atoms with E-state index in [0.717, 1.165) is 11.5 Å². The fourth-order valence-electron chi connectivity index (χ4n) is 2.23. The van der Waals surface area contributed by atoms with Crippen LogP contribution in [0.2, 0.25) is 0 Å². The van der Waals surface area contributed by atoms with Gasteiger partial charge in [-0.05, 0) is 25.5 Å². The molecule has 0 aliphatic carbocycles. The predicted molar refractivity (Wildman–Crippen MR) is 109 cm³/mol. The number of benzene rings is 1. The highest BCUT2D eigenvalue weighted by Gasteiger charge is 2.09. The molecule has 0 bridgehead atoms. The number of rotatable bonds is 6. The fraction of sp³-hybridized carbons (Fsp3) is 0.333. The van der Waals surface area contributed by atoms with Crippen molar-refractivity contribution < 1.29 is 4.74 Å². The van der Waals surface area contributed by atoms with Crippen molar-refractivity contribution in [1.82, 2.24) is 15.6 Å². The van der Waals surface area contributed by atoms with E-state index in [-0.39, 0.29) is 30.0 Å². The van der Waals surface area contributed by atoms with Gasteiger partial charge in [-0.2, -0.15) is 0 Å². The lowest BCUT2D eigenvalue weighted by molar-refractivity contribution is 0.322. The number of aliphatic imine (C=N–C) groups is 1. The summed E-state index contributed by atoms with van der Waals surface area (Å²) in [5, 5.41) is 6.69. The molecule has 130 valence electrons. The number of hydrogen-bond donors (Lipinski definition) is 2. The van der Waals surface area contributed by atoms with Crippen molar-refractivity contribution in [2.45, 2.75) is 26.4 Å². The lowest BCUT2D eigenvalue weighted by Gasteiger charge is -2.18. The van der Waals surface area contributed by atoms with Crippen LogP contribution in [0, 0.1) is 0 Å². The van der Waals surface area contributed by atoms with Crippen LogP contribution in [0.3, 0.4) is 0 Å². The molecule has 0 fully saturated rings. The Kier molecular flexibility index (Phi) is 9.14. The molecule has 1 aromatic carbocycles. The maximum Gasteiger partial charge on any atom is 0.218 e. The molecule has 0 saturated carbocycles. The van der Waals surface area contributed by atoms with E-state index in [9.17, 15) is 0 Å². The third kappa shape index (κ3) is 5.99. The van der Waals surface area contributed by atoms with Gasteiger partial charge in [-0.1, -0.05) is 36.4 Å². The summed E-state index contributed by atoms with van der Waals surface area (Å²) in [7, 11) is 1.76. The molecule has 1 heterocycles. The van der Waals surface area contributed by atoms with E-state index in [2.05, 4.69) is 39.7 Å². The normalized spacial score (nSPS) is 12.0. The third-order valence-corrected chi connectivity index (χ3v) is 3.45. The summed E-state index contributed by atoms with van der Waals surface area (Å²) in [5.74, 6) is 1.40. The SMILES string of the molecule is CCOc1ncccc1CNC(=NC)NC(C)c1ccccc1.I. The van der Waals surface area contributed by atoms with Crippen molar-refractivity contribution in [1.29, 1.82) is 0 Å². The zero-order chi connectivity index (χ0) is 16.5. The fourth-order valence-corrected chi connectivity index (χ4v) is 2.23. The molecule has 1 atom stereocenters. The van der Waals surface area contributed by atoms with Crippen molar-refractivity contribution in [3.05, 3.63) is 59.8 Å². The zero-order valence-electron chi connectivity index (χ0n) is 14.3. The minimum absolute atomic E-state index is 0. The van der Waals surface area contributed by atoms with Gasteiger partial charge in [0.2, 0.25) is 5.88 Å². The van der Waals surface area contributed by atoms with Gasteiger partial charge in [-0.25, -0.2) is 4.98 Å². The Morgan fingerprint density at radius 1 is 1.21 bits per heavy atom. The lowest BCUT2D eigenvalue weighted by atomic mass is 10.1. The number of nitrogens with zero attached hydrogens (tertiary/aromatic N) is 2. The van der Waals surface area contributed by atoms with Crippen LogP contribution in [-0.4, -0.2) is 24.6 Å². The Balaban J connectivity index is 0.00000288. The van der Waals surface area contributed by atoms with Crippen LogP contribution in [0.15, 0.2) is 53.7 Å². The van der Waals surface area contributed by atoms with E-state index in [1.165, 1.54) is 5.56 Å². The van der Waals surface area contributed by atoms with Crippen molar-refractivity contribution in [3.63, 3.8) is 0 Å². The Morgan fingerprint density at radius 3 is 2.62 bits per heavy atom. The first kappa shape index (κ1) is 20.2. The second-order valence-electron chi connectivity index (χ2n) is 5.10. The van der Waals surface area contributed by atoms with Crippen LogP contribution in [0.1, 0.15) is 31.0 Å². The maximum absolute atomic E-state index is 5.54. The molecule has 2 N–H and O–H groups in total. The number of ether oxygens (including phenoxy) is 1. The molecule has 0 saturated heterocycles. The number of pyridine rings is 1. The van der Waals surface area contributed by atoms with Crippen LogP contribution in [0.4, 0.5) is 0 Å². The van der Waals surface area contributed by atoms with E-state index < -0.39 is 0 Å². The van der Waals surface area contributed by atoms with Gasteiger partial charge in [0.25, 0.3) is 0 Å². The minimum Gasteiger partial charge on any atom is -0.478 e. The summed E-state index contributed by atoms with van der Waals surface area (Å²) < 4.78 is 5.54. The lowest BCUT2D eigenvalue weighted by Crippen LogP contribution is -2.38. The first-order chi connectivity index (χ1) is 11.2. The van der Waals surface area contributed by atoms with E-state index in [4.69, 9.17) is 4.74 Å². The van der Waals surface area contributed by atoms with Crippen molar-refractivity contribution in [2.24, 2.45) is 4.99 Å². The highest BCUT2D eigenvalue weighted by molar-refractivity contribution is 14.0. The highest BCUT2D eigenvalue weighted by atomic mass is 127. The van der Waals surface area contributed by atoms with Crippen LogP contribution in [0.25, 0.3) is 0 Å². The Morgan fingerprint density at radius 2 is 1.96 bits per heavy atom. The van der Waals surface area contributed by atoms with E-state index in [0.29, 0.717) is 19.0 Å². The maximum atomic E-state index is 5.54. The summed E-state index contributed by atoms with van der Waals surface area (Å²) in [6, 6.07) is 14.4.